The lowest BCUT2D eigenvalue weighted by atomic mass is 10.0. The van der Waals surface area contributed by atoms with Crippen LogP contribution in [-0.4, -0.2) is 42.6 Å². The monoisotopic (exact) mass is 295 g/mol. The quantitative estimate of drug-likeness (QED) is 0.585. The van der Waals surface area contributed by atoms with E-state index in [2.05, 4.69) is 12.2 Å². The highest BCUT2D eigenvalue weighted by Crippen LogP contribution is 2.16. The van der Waals surface area contributed by atoms with Crippen LogP contribution in [0.1, 0.15) is 31.7 Å². The molecule has 0 heterocycles. The maximum absolute atomic E-state index is 9.94. The first-order valence-corrected chi connectivity index (χ1v) is 7.85. The molecule has 2 unspecified atom stereocenters. The lowest BCUT2D eigenvalue weighted by Crippen LogP contribution is -2.34. The van der Waals surface area contributed by atoms with Crippen LogP contribution in [-0.2, 0) is 0 Å². The predicted molar refractivity (Wildman–Crippen MR) is 85.7 cm³/mol. The maximum atomic E-state index is 9.94. The standard InChI is InChI=1S/C17H29NO3/c1-3-6-15(9-10-19)11-18-12-16(20)13-21-17-8-5-4-7-14(17)2/h4-5,7-8,15-16,18-20H,3,6,9-13H2,1-2H3. The van der Waals surface area contributed by atoms with Gasteiger partial charge in [0.2, 0.25) is 0 Å². The summed E-state index contributed by atoms with van der Waals surface area (Å²) in [6.07, 6.45) is 2.51. The smallest absolute Gasteiger partial charge is 0.122 e. The SMILES string of the molecule is CCCC(CCO)CNCC(O)COc1ccccc1C. The highest BCUT2D eigenvalue weighted by molar-refractivity contribution is 5.31. The van der Waals surface area contributed by atoms with Gasteiger partial charge in [0.25, 0.3) is 0 Å². The van der Waals surface area contributed by atoms with Crippen molar-refractivity contribution in [1.82, 2.24) is 5.32 Å². The molecule has 1 rings (SSSR count). The van der Waals surface area contributed by atoms with E-state index in [0.29, 0.717) is 12.5 Å². The fourth-order valence-electron chi connectivity index (χ4n) is 2.36. The lowest BCUT2D eigenvalue weighted by Gasteiger charge is -2.18. The van der Waals surface area contributed by atoms with Gasteiger partial charge in [-0.3, -0.25) is 0 Å². The van der Waals surface area contributed by atoms with Gasteiger partial charge in [-0.2, -0.15) is 0 Å². The van der Waals surface area contributed by atoms with Crippen LogP contribution in [0.4, 0.5) is 0 Å². The van der Waals surface area contributed by atoms with E-state index in [1.165, 1.54) is 0 Å². The first-order valence-electron chi connectivity index (χ1n) is 7.85. The van der Waals surface area contributed by atoms with E-state index in [1.807, 2.05) is 31.2 Å². The number of benzene rings is 1. The van der Waals surface area contributed by atoms with Crippen LogP contribution in [0.5, 0.6) is 5.75 Å². The summed E-state index contributed by atoms with van der Waals surface area (Å²) in [5.74, 6) is 1.30. The van der Waals surface area contributed by atoms with E-state index in [9.17, 15) is 5.11 Å². The number of aryl methyl sites for hydroxylation is 1. The molecular weight excluding hydrogens is 266 g/mol. The summed E-state index contributed by atoms with van der Waals surface area (Å²) in [7, 11) is 0. The van der Waals surface area contributed by atoms with Crippen LogP contribution < -0.4 is 10.1 Å². The highest BCUT2D eigenvalue weighted by atomic mass is 16.5. The van der Waals surface area contributed by atoms with Gasteiger partial charge in [-0.1, -0.05) is 31.5 Å². The number of hydrogen-bond donors (Lipinski definition) is 3. The third-order valence-electron chi connectivity index (χ3n) is 3.57. The zero-order valence-corrected chi connectivity index (χ0v) is 13.2. The zero-order valence-electron chi connectivity index (χ0n) is 13.2. The van der Waals surface area contributed by atoms with Gasteiger partial charge in [-0.15, -0.1) is 0 Å². The molecule has 0 aliphatic rings. The molecule has 0 bridgehead atoms. The summed E-state index contributed by atoms with van der Waals surface area (Å²) < 4.78 is 5.62. The maximum Gasteiger partial charge on any atom is 0.122 e. The Balaban J connectivity index is 2.21. The van der Waals surface area contributed by atoms with Crippen LogP contribution in [0.2, 0.25) is 0 Å². The summed E-state index contributed by atoms with van der Waals surface area (Å²) in [4.78, 5) is 0. The Labute approximate surface area is 128 Å². The Hall–Kier alpha value is -1.10. The van der Waals surface area contributed by atoms with Gasteiger partial charge < -0.3 is 20.3 Å². The van der Waals surface area contributed by atoms with Crippen LogP contribution in [0.25, 0.3) is 0 Å². The topological polar surface area (TPSA) is 61.7 Å². The summed E-state index contributed by atoms with van der Waals surface area (Å²) >= 11 is 0. The van der Waals surface area contributed by atoms with Crippen LogP contribution >= 0.6 is 0 Å². The summed E-state index contributed by atoms with van der Waals surface area (Å²) in [5.41, 5.74) is 1.07. The molecule has 0 saturated heterocycles. The molecule has 0 saturated carbocycles. The molecular formula is C17H29NO3. The minimum atomic E-state index is -0.527. The Morgan fingerprint density at radius 2 is 1.95 bits per heavy atom. The number of ether oxygens (including phenoxy) is 1. The van der Waals surface area contributed by atoms with E-state index < -0.39 is 6.10 Å². The number of hydrogen-bond acceptors (Lipinski definition) is 4. The fraction of sp³-hybridized carbons (Fsp3) is 0.647. The molecule has 1 aromatic carbocycles. The molecule has 0 spiro atoms. The van der Waals surface area contributed by atoms with Crippen molar-refractivity contribution < 1.29 is 14.9 Å². The van der Waals surface area contributed by atoms with E-state index in [-0.39, 0.29) is 13.2 Å². The summed E-state index contributed by atoms with van der Waals surface area (Å²) in [6.45, 7) is 5.99. The average molecular weight is 295 g/mol. The number of rotatable bonds is 11. The molecule has 1 aromatic rings. The van der Waals surface area contributed by atoms with Crippen molar-refractivity contribution in [2.75, 3.05) is 26.3 Å². The van der Waals surface area contributed by atoms with E-state index in [1.54, 1.807) is 0 Å². The van der Waals surface area contributed by atoms with Crippen molar-refractivity contribution in [3.05, 3.63) is 29.8 Å². The number of aliphatic hydroxyl groups is 2. The Morgan fingerprint density at radius 1 is 1.19 bits per heavy atom. The van der Waals surface area contributed by atoms with Gasteiger partial charge in [-0.05, 0) is 43.9 Å². The van der Waals surface area contributed by atoms with E-state index in [4.69, 9.17) is 9.84 Å². The van der Waals surface area contributed by atoms with Crippen molar-refractivity contribution in [3.8, 4) is 5.75 Å². The Morgan fingerprint density at radius 3 is 2.62 bits per heavy atom. The van der Waals surface area contributed by atoms with Gasteiger partial charge >= 0.3 is 0 Å². The van der Waals surface area contributed by atoms with E-state index in [0.717, 1.165) is 37.1 Å². The minimum Gasteiger partial charge on any atom is -0.491 e. The van der Waals surface area contributed by atoms with Crippen LogP contribution in [0.3, 0.4) is 0 Å². The minimum absolute atomic E-state index is 0.227. The van der Waals surface area contributed by atoms with E-state index >= 15 is 0 Å². The second-order valence-electron chi connectivity index (χ2n) is 5.56. The third-order valence-corrected chi connectivity index (χ3v) is 3.57. The molecule has 0 aliphatic carbocycles. The second kappa shape index (κ2) is 10.6. The van der Waals surface area contributed by atoms with Crippen molar-refractivity contribution in [2.45, 2.75) is 39.2 Å². The number of aliphatic hydroxyl groups excluding tert-OH is 2. The lowest BCUT2D eigenvalue weighted by molar-refractivity contribution is 0.104. The molecule has 120 valence electrons. The zero-order chi connectivity index (χ0) is 15.5. The van der Waals surface area contributed by atoms with Crippen LogP contribution in [0.15, 0.2) is 24.3 Å². The fourth-order valence-corrected chi connectivity index (χ4v) is 2.36. The first kappa shape index (κ1) is 18.0. The molecule has 0 fully saturated rings. The van der Waals surface area contributed by atoms with Crippen molar-refractivity contribution >= 4 is 0 Å². The van der Waals surface area contributed by atoms with Crippen molar-refractivity contribution in [1.29, 1.82) is 0 Å². The van der Waals surface area contributed by atoms with Gasteiger partial charge in [0, 0.05) is 13.2 Å². The third kappa shape index (κ3) is 7.46. The van der Waals surface area contributed by atoms with Gasteiger partial charge in [-0.25, -0.2) is 0 Å². The Bertz CT molecular complexity index is 378. The first-order chi connectivity index (χ1) is 10.2. The largest absolute Gasteiger partial charge is 0.491 e. The molecule has 21 heavy (non-hydrogen) atoms. The van der Waals surface area contributed by atoms with Crippen molar-refractivity contribution in [3.63, 3.8) is 0 Å². The highest BCUT2D eigenvalue weighted by Gasteiger charge is 2.10. The van der Waals surface area contributed by atoms with Gasteiger partial charge in [0.1, 0.15) is 18.5 Å². The number of para-hydroxylation sites is 1. The molecule has 0 aliphatic heterocycles. The van der Waals surface area contributed by atoms with Gasteiger partial charge in [0.15, 0.2) is 0 Å². The van der Waals surface area contributed by atoms with Crippen molar-refractivity contribution in [2.24, 2.45) is 5.92 Å². The molecule has 0 radical (unpaired) electrons. The van der Waals surface area contributed by atoms with Crippen LogP contribution in [0, 0.1) is 12.8 Å². The molecule has 0 aromatic heterocycles. The number of nitrogens with one attached hydrogen (secondary N) is 1. The second-order valence-corrected chi connectivity index (χ2v) is 5.56. The predicted octanol–water partition coefficient (Wildman–Crippen LogP) is 2.12. The molecule has 3 N–H and O–H groups in total. The average Bonchev–Trinajstić information content (AvgIpc) is 2.47. The Kier molecular flexibility index (Phi) is 9.06. The normalized spacial score (nSPS) is 13.9. The summed E-state index contributed by atoms with van der Waals surface area (Å²) in [6, 6.07) is 7.80. The van der Waals surface area contributed by atoms with Gasteiger partial charge in [0.05, 0.1) is 0 Å². The molecule has 2 atom stereocenters. The molecule has 4 heteroatoms. The molecule has 0 amide bonds. The summed E-state index contributed by atoms with van der Waals surface area (Å²) in [5, 5.41) is 22.2. The molecule has 4 nitrogen and oxygen atoms in total.